The van der Waals surface area contributed by atoms with Crippen molar-refractivity contribution in [3.63, 3.8) is 0 Å². The van der Waals surface area contributed by atoms with E-state index in [9.17, 15) is 0 Å². The lowest BCUT2D eigenvalue weighted by Crippen LogP contribution is -2.59. The first-order valence-electron chi connectivity index (χ1n) is 17.3. The molecule has 2 aliphatic heterocycles. The predicted octanol–water partition coefficient (Wildman–Crippen LogP) is 9.54. The van der Waals surface area contributed by atoms with Gasteiger partial charge >= 0.3 is 0 Å². The van der Waals surface area contributed by atoms with Crippen LogP contribution in [0.5, 0.6) is 0 Å². The van der Waals surface area contributed by atoms with Crippen LogP contribution >= 0.6 is 0 Å². The first kappa shape index (κ1) is 31.6. The van der Waals surface area contributed by atoms with Crippen LogP contribution in [0.4, 0.5) is 0 Å². The Morgan fingerprint density at radius 3 is 1.48 bits per heavy atom. The zero-order valence-electron chi connectivity index (χ0n) is 28.9. The van der Waals surface area contributed by atoms with Crippen LogP contribution in [0.3, 0.4) is 0 Å². The molecule has 8 rings (SSSR count). The van der Waals surface area contributed by atoms with Crippen molar-refractivity contribution in [2.24, 2.45) is 15.0 Å². The molecule has 4 heteroatoms. The molecule has 0 radical (unpaired) electrons. The van der Waals surface area contributed by atoms with Gasteiger partial charge in [-0.05, 0) is 55.5 Å². The Morgan fingerprint density at radius 1 is 0.480 bits per heavy atom. The van der Waals surface area contributed by atoms with Crippen LogP contribution < -0.4 is 5.32 Å². The molecule has 2 unspecified atom stereocenters. The monoisotopic (exact) mass is 648 g/mol. The Hall–Kier alpha value is -5.71. The van der Waals surface area contributed by atoms with E-state index >= 15 is 0 Å². The van der Waals surface area contributed by atoms with E-state index in [0.717, 1.165) is 55.9 Å². The van der Waals surface area contributed by atoms with E-state index in [2.05, 4.69) is 185 Å². The summed E-state index contributed by atoms with van der Waals surface area (Å²) in [6, 6.07) is 55.6. The maximum atomic E-state index is 6.06. The smallest absolute Gasteiger partial charge is 0.218 e. The molecule has 2 heterocycles. The Balaban J connectivity index is 1.55. The van der Waals surface area contributed by atoms with E-state index in [1.54, 1.807) is 0 Å². The molecule has 6 aromatic rings. The van der Waals surface area contributed by atoms with Crippen LogP contribution in [0.25, 0.3) is 0 Å². The van der Waals surface area contributed by atoms with Gasteiger partial charge in [-0.15, -0.1) is 0 Å². The molecule has 50 heavy (non-hydrogen) atoms. The summed E-state index contributed by atoms with van der Waals surface area (Å²) >= 11 is 0. The Kier molecular flexibility index (Phi) is 7.77. The molecule has 6 aromatic carbocycles. The third-order valence-electron chi connectivity index (χ3n) is 10.2. The zero-order chi connectivity index (χ0) is 34.3. The average Bonchev–Trinajstić information content (AvgIpc) is 3.77. The van der Waals surface area contributed by atoms with Crippen molar-refractivity contribution in [3.8, 4) is 0 Å². The minimum atomic E-state index is -1.21. The van der Waals surface area contributed by atoms with Crippen LogP contribution in [0.2, 0.25) is 0 Å². The summed E-state index contributed by atoms with van der Waals surface area (Å²) in [5, 5.41) is 4.35. The second kappa shape index (κ2) is 12.3. The normalized spacial score (nSPS) is 20.8. The molecular formula is C46H40N4. The van der Waals surface area contributed by atoms with Gasteiger partial charge in [-0.25, -0.2) is 4.99 Å². The molecule has 1 N–H and O–H groups in total. The van der Waals surface area contributed by atoms with Crippen LogP contribution in [-0.2, 0) is 16.9 Å². The minimum Gasteiger partial charge on any atom is -0.267 e. The summed E-state index contributed by atoms with van der Waals surface area (Å²) in [5.74, 6) is 0. The second-order valence-corrected chi connectivity index (χ2v) is 13.6. The molecule has 2 aliphatic rings. The van der Waals surface area contributed by atoms with Gasteiger partial charge in [0.25, 0.3) is 0 Å². The number of hydrogen-bond donors (Lipinski definition) is 1. The van der Waals surface area contributed by atoms with Crippen LogP contribution in [-0.4, -0.2) is 17.6 Å². The maximum Gasteiger partial charge on any atom is 0.218 e. The van der Waals surface area contributed by atoms with Crippen molar-refractivity contribution in [2.45, 2.75) is 44.6 Å². The Morgan fingerprint density at radius 2 is 0.960 bits per heavy atom. The summed E-state index contributed by atoms with van der Waals surface area (Å²) in [4.78, 5) is 17.4. The minimum absolute atomic E-state index is 0.824. The van der Waals surface area contributed by atoms with Gasteiger partial charge in [0.1, 0.15) is 5.54 Å². The van der Waals surface area contributed by atoms with Crippen LogP contribution in [0.15, 0.2) is 173 Å². The number of hydrogen-bond acceptors (Lipinski definition) is 4. The Bertz CT molecular complexity index is 2230. The third-order valence-corrected chi connectivity index (χ3v) is 10.2. The van der Waals surface area contributed by atoms with Crippen molar-refractivity contribution in [1.82, 2.24) is 5.32 Å². The van der Waals surface area contributed by atoms with Crippen molar-refractivity contribution < 1.29 is 0 Å². The molecule has 0 bridgehead atoms. The number of rotatable bonds is 7. The van der Waals surface area contributed by atoms with E-state index in [4.69, 9.17) is 15.0 Å². The third kappa shape index (κ3) is 4.90. The van der Waals surface area contributed by atoms with Gasteiger partial charge in [0.05, 0.1) is 17.6 Å². The number of nitrogens with zero attached hydrogens (tertiary/aromatic N) is 3. The molecule has 0 saturated heterocycles. The summed E-state index contributed by atoms with van der Waals surface area (Å²) in [5.41, 5.74) is 9.34. The van der Waals surface area contributed by atoms with E-state index in [-0.39, 0.29) is 0 Å². The van der Waals surface area contributed by atoms with Gasteiger partial charge < -0.3 is 0 Å². The second-order valence-electron chi connectivity index (χ2n) is 13.6. The quantitative estimate of drug-likeness (QED) is 0.184. The summed E-state index contributed by atoms with van der Waals surface area (Å²) < 4.78 is 0. The molecule has 2 atom stereocenters. The number of aliphatic imine (C=N–C) groups is 3. The van der Waals surface area contributed by atoms with E-state index in [1.807, 2.05) is 12.3 Å². The van der Waals surface area contributed by atoms with Gasteiger partial charge in [-0.1, -0.05) is 169 Å². The highest BCUT2D eigenvalue weighted by Gasteiger charge is 2.65. The molecule has 0 amide bonds. The summed E-state index contributed by atoms with van der Waals surface area (Å²) in [6.07, 6.45) is 1.95. The van der Waals surface area contributed by atoms with Gasteiger partial charge in [-0.2, -0.15) is 0 Å². The summed E-state index contributed by atoms with van der Waals surface area (Å²) in [7, 11) is 0. The van der Waals surface area contributed by atoms with Crippen molar-refractivity contribution in [1.29, 1.82) is 0 Å². The van der Waals surface area contributed by atoms with Gasteiger partial charge in [0.15, 0.2) is 5.66 Å². The lowest BCUT2D eigenvalue weighted by Gasteiger charge is -2.45. The van der Waals surface area contributed by atoms with Crippen LogP contribution in [0, 0.1) is 27.7 Å². The molecule has 244 valence electrons. The first-order chi connectivity index (χ1) is 24.4. The predicted molar refractivity (Wildman–Crippen MR) is 206 cm³/mol. The molecule has 0 spiro atoms. The van der Waals surface area contributed by atoms with Crippen LogP contribution in [0.1, 0.15) is 55.6 Å². The number of benzene rings is 6. The highest BCUT2D eigenvalue weighted by Crippen LogP contribution is 2.56. The molecular weight excluding hydrogens is 609 g/mol. The zero-order valence-corrected chi connectivity index (χ0v) is 28.9. The van der Waals surface area contributed by atoms with Crippen molar-refractivity contribution in [2.75, 3.05) is 0 Å². The van der Waals surface area contributed by atoms with E-state index < -0.39 is 16.9 Å². The molecule has 0 aliphatic carbocycles. The molecule has 0 fully saturated rings. The lowest BCUT2D eigenvalue weighted by atomic mass is 9.74. The van der Waals surface area contributed by atoms with E-state index in [1.165, 1.54) is 11.1 Å². The van der Waals surface area contributed by atoms with E-state index in [0.29, 0.717) is 0 Å². The highest BCUT2D eigenvalue weighted by molar-refractivity contribution is 6.39. The topological polar surface area (TPSA) is 49.1 Å². The fourth-order valence-corrected chi connectivity index (χ4v) is 7.99. The number of nitrogens with one attached hydrogen (secondary N) is 1. The molecule has 0 aromatic heterocycles. The summed E-state index contributed by atoms with van der Waals surface area (Å²) in [6.45, 7) is 8.63. The van der Waals surface area contributed by atoms with Gasteiger partial charge in [0, 0.05) is 16.7 Å². The SMILES string of the molecule is Cc1ccc(C2(C3(c4ccc(C)cc4C)N=C(c4ccccc4)C(c4ccccc4)(c4ccccc4)N3)N=CC(c3ccccc3)=N2)c(C)c1. The van der Waals surface area contributed by atoms with Crippen molar-refractivity contribution >= 4 is 17.6 Å². The largest absolute Gasteiger partial charge is 0.267 e. The standard InChI is InChI=1S/C46H40N4/c1-32-25-27-40(34(3)29-32)45(47-31-42(48-45)36-17-9-5-10-18-36)46(41-28-26-33(2)30-35(41)4)49-43(37-19-11-6-12-20-37)44(50-46,38-21-13-7-14-22-38)39-23-15-8-16-24-39/h5-31,50H,1-4H3. The maximum absolute atomic E-state index is 6.06. The van der Waals surface area contributed by atoms with Gasteiger partial charge in [0.2, 0.25) is 5.66 Å². The van der Waals surface area contributed by atoms with Gasteiger partial charge in [-0.3, -0.25) is 15.3 Å². The number of aryl methyl sites for hydroxylation is 4. The fraction of sp³-hybridized carbons (Fsp3) is 0.152. The molecule has 0 saturated carbocycles. The average molecular weight is 649 g/mol. The van der Waals surface area contributed by atoms with Crippen molar-refractivity contribution in [3.05, 3.63) is 213 Å². The fourth-order valence-electron chi connectivity index (χ4n) is 7.99. The highest BCUT2D eigenvalue weighted by atomic mass is 15.4. The first-order valence-corrected chi connectivity index (χ1v) is 17.3. The molecule has 4 nitrogen and oxygen atoms in total. The Labute approximate surface area is 295 Å². The lowest BCUT2D eigenvalue weighted by molar-refractivity contribution is 0.179.